The Bertz CT molecular complexity index is 767. The number of nitrogens with zero attached hydrogens (tertiary/aromatic N) is 1. The lowest BCUT2D eigenvalue weighted by Gasteiger charge is -2.17. The highest BCUT2D eigenvalue weighted by Crippen LogP contribution is 2.47. The van der Waals surface area contributed by atoms with Gasteiger partial charge in [0.25, 0.3) is 0 Å². The average molecular weight is 323 g/mol. The normalized spacial score (nSPS) is 14.8. The van der Waals surface area contributed by atoms with Gasteiger partial charge in [0.2, 0.25) is 11.8 Å². The third-order valence-electron chi connectivity index (χ3n) is 4.65. The van der Waals surface area contributed by atoms with Gasteiger partial charge in [-0.25, -0.2) is 0 Å². The van der Waals surface area contributed by atoms with Crippen LogP contribution in [0, 0.1) is 19.3 Å². The van der Waals surface area contributed by atoms with E-state index in [1.165, 1.54) is 0 Å². The molecule has 0 unspecified atom stereocenters. The first-order valence-corrected chi connectivity index (χ1v) is 8.08. The van der Waals surface area contributed by atoms with Crippen LogP contribution in [-0.2, 0) is 16.1 Å². The lowest BCUT2D eigenvalue weighted by atomic mass is 10.0. The predicted molar refractivity (Wildman–Crippen MR) is 92.3 cm³/mol. The molecular formula is C19H21N3O2. The number of benzene rings is 1. The molecule has 0 saturated heterocycles. The van der Waals surface area contributed by atoms with Crippen LogP contribution >= 0.6 is 0 Å². The van der Waals surface area contributed by atoms with E-state index in [0.29, 0.717) is 19.4 Å². The molecule has 0 radical (unpaired) electrons. The van der Waals surface area contributed by atoms with Crippen LogP contribution in [0.4, 0.5) is 5.69 Å². The van der Waals surface area contributed by atoms with Crippen LogP contribution in [0.15, 0.2) is 42.7 Å². The van der Waals surface area contributed by atoms with Gasteiger partial charge >= 0.3 is 0 Å². The van der Waals surface area contributed by atoms with Gasteiger partial charge in [0, 0.05) is 24.6 Å². The quantitative estimate of drug-likeness (QED) is 0.831. The summed E-state index contributed by atoms with van der Waals surface area (Å²) in [5.74, 6) is -0.436. The molecule has 0 aliphatic heterocycles. The molecule has 0 spiro atoms. The predicted octanol–water partition coefficient (Wildman–Crippen LogP) is 2.73. The van der Waals surface area contributed by atoms with Crippen molar-refractivity contribution in [3.8, 4) is 0 Å². The second-order valence-electron chi connectivity index (χ2n) is 6.33. The van der Waals surface area contributed by atoms with E-state index in [2.05, 4.69) is 15.6 Å². The molecule has 2 aromatic rings. The number of amides is 2. The van der Waals surface area contributed by atoms with E-state index < -0.39 is 5.41 Å². The molecule has 0 atom stereocenters. The van der Waals surface area contributed by atoms with E-state index in [0.717, 1.165) is 22.4 Å². The Hall–Kier alpha value is -2.69. The van der Waals surface area contributed by atoms with E-state index in [1.54, 1.807) is 12.4 Å². The number of aryl methyl sites for hydroxylation is 1. The van der Waals surface area contributed by atoms with E-state index in [-0.39, 0.29) is 11.8 Å². The zero-order valence-corrected chi connectivity index (χ0v) is 13.9. The fourth-order valence-corrected chi connectivity index (χ4v) is 2.66. The number of anilines is 1. The first kappa shape index (κ1) is 16.2. The molecule has 1 heterocycles. The maximum absolute atomic E-state index is 12.6. The minimum absolute atomic E-state index is 0.214. The number of hydrogen-bond acceptors (Lipinski definition) is 3. The van der Waals surface area contributed by atoms with Crippen molar-refractivity contribution in [1.29, 1.82) is 0 Å². The highest BCUT2D eigenvalue weighted by molar-refractivity contribution is 6.13. The highest BCUT2D eigenvalue weighted by atomic mass is 16.2. The van der Waals surface area contributed by atoms with Gasteiger partial charge in [-0.2, -0.15) is 0 Å². The van der Waals surface area contributed by atoms with E-state index in [1.807, 2.05) is 44.2 Å². The van der Waals surface area contributed by atoms with Crippen LogP contribution in [-0.4, -0.2) is 16.8 Å². The fraction of sp³-hybridized carbons (Fsp3) is 0.316. The summed E-state index contributed by atoms with van der Waals surface area (Å²) in [4.78, 5) is 29.1. The Balaban J connectivity index is 1.65. The van der Waals surface area contributed by atoms with E-state index in [9.17, 15) is 9.59 Å². The molecule has 2 amide bonds. The molecule has 1 aliphatic carbocycles. The van der Waals surface area contributed by atoms with Crippen molar-refractivity contribution in [3.63, 3.8) is 0 Å². The monoisotopic (exact) mass is 323 g/mol. The summed E-state index contributed by atoms with van der Waals surface area (Å²) in [7, 11) is 0. The number of carbonyl (C=O) groups is 2. The Morgan fingerprint density at radius 3 is 2.58 bits per heavy atom. The molecule has 24 heavy (non-hydrogen) atoms. The van der Waals surface area contributed by atoms with Crippen molar-refractivity contribution in [3.05, 3.63) is 59.4 Å². The summed E-state index contributed by atoms with van der Waals surface area (Å²) in [6.07, 6.45) is 4.56. The summed E-state index contributed by atoms with van der Waals surface area (Å²) >= 11 is 0. The lowest BCUT2D eigenvalue weighted by molar-refractivity contribution is -0.134. The Morgan fingerprint density at radius 2 is 1.92 bits per heavy atom. The second-order valence-corrected chi connectivity index (χ2v) is 6.33. The molecule has 1 aromatic heterocycles. The van der Waals surface area contributed by atoms with Gasteiger partial charge in [-0.05, 0) is 55.5 Å². The molecule has 2 N–H and O–H groups in total. The molecule has 1 aromatic carbocycles. The molecule has 0 bridgehead atoms. The first-order chi connectivity index (χ1) is 11.5. The molecule has 124 valence electrons. The maximum atomic E-state index is 12.6. The van der Waals surface area contributed by atoms with Crippen molar-refractivity contribution >= 4 is 17.5 Å². The zero-order valence-electron chi connectivity index (χ0n) is 13.9. The van der Waals surface area contributed by atoms with Gasteiger partial charge in [0.1, 0.15) is 5.41 Å². The summed E-state index contributed by atoms with van der Waals surface area (Å²) in [6.45, 7) is 4.34. The number of aromatic nitrogens is 1. The van der Waals surface area contributed by atoms with Crippen LogP contribution in [0.25, 0.3) is 0 Å². The van der Waals surface area contributed by atoms with Gasteiger partial charge in [-0.15, -0.1) is 0 Å². The van der Waals surface area contributed by atoms with Crippen LogP contribution < -0.4 is 10.6 Å². The third-order valence-corrected chi connectivity index (χ3v) is 4.65. The molecular weight excluding hydrogens is 302 g/mol. The smallest absolute Gasteiger partial charge is 0.240 e. The molecule has 5 heteroatoms. The number of rotatable bonds is 5. The number of carbonyl (C=O) groups excluding carboxylic acids is 2. The maximum Gasteiger partial charge on any atom is 0.240 e. The summed E-state index contributed by atoms with van der Waals surface area (Å²) < 4.78 is 0. The van der Waals surface area contributed by atoms with Crippen molar-refractivity contribution in [1.82, 2.24) is 10.3 Å². The van der Waals surface area contributed by atoms with Crippen LogP contribution in [0.5, 0.6) is 0 Å². The highest BCUT2D eigenvalue weighted by Gasteiger charge is 2.56. The van der Waals surface area contributed by atoms with Crippen LogP contribution in [0.3, 0.4) is 0 Å². The van der Waals surface area contributed by atoms with Crippen molar-refractivity contribution in [2.45, 2.75) is 33.2 Å². The Morgan fingerprint density at radius 1 is 1.12 bits per heavy atom. The summed E-state index contributed by atoms with van der Waals surface area (Å²) in [6, 6.07) is 9.48. The summed E-state index contributed by atoms with van der Waals surface area (Å²) in [5.41, 5.74) is 2.89. The lowest BCUT2D eigenvalue weighted by Crippen LogP contribution is -2.39. The largest absolute Gasteiger partial charge is 0.351 e. The molecule has 1 saturated carbocycles. The van der Waals surface area contributed by atoms with Crippen molar-refractivity contribution in [2.75, 3.05) is 5.32 Å². The Labute approximate surface area is 141 Å². The van der Waals surface area contributed by atoms with Crippen LogP contribution in [0.1, 0.15) is 29.5 Å². The minimum atomic E-state index is -0.932. The SMILES string of the molecule is Cc1cccc(NC(=O)C2(C(=O)NCc3cccnc3)CC2)c1C. The van der Waals surface area contributed by atoms with E-state index >= 15 is 0 Å². The van der Waals surface area contributed by atoms with Crippen molar-refractivity contribution < 1.29 is 9.59 Å². The minimum Gasteiger partial charge on any atom is -0.351 e. The summed E-state index contributed by atoms with van der Waals surface area (Å²) in [5, 5.41) is 5.78. The topological polar surface area (TPSA) is 71.1 Å². The number of hydrogen-bond donors (Lipinski definition) is 2. The zero-order chi connectivity index (χ0) is 17.2. The number of nitrogens with one attached hydrogen (secondary N) is 2. The van der Waals surface area contributed by atoms with Crippen LogP contribution in [0.2, 0.25) is 0 Å². The van der Waals surface area contributed by atoms with Gasteiger partial charge in [-0.1, -0.05) is 18.2 Å². The van der Waals surface area contributed by atoms with Gasteiger partial charge in [0.15, 0.2) is 0 Å². The van der Waals surface area contributed by atoms with Gasteiger partial charge < -0.3 is 10.6 Å². The van der Waals surface area contributed by atoms with E-state index in [4.69, 9.17) is 0 Å². The molecule has 3 rings (SSSR count). The Kier molecular flexibility index (Phi) is 4.34. The van der Waals surface area contributed by atoms with Gasteiger partial charge in [0.05, 0.1) is 0 Å². The standard InChI is InChI=1S/C19H21N3O2/c1-13-5-3-7-16(14(13)2)22-18(24)19(8-9-19)17(23)21-12-15-6-4-10-20-11-15/h3-7,10-11H,8-9,12H2,1-2H3,(H,21,23)(H,22,24). The first-order valence-electron chi connectivity index (χ1n) is 8.08. The fourth-order valence-electron chi connectivity index (χ4n) is 2.66. The molecule has 5 nitrogen and oxygen atoms in total. The molecule has 1 fully saturated rings. The second kappa shape index (κ2) is 6.43. The van der Waals surface area contributed by atoms with Crippen molar-refractivity contribution in [2.24, 2.45) is 5.41 Å². The average Bonchev–Trinajstić information content (AvgIpc) is 3.40. The third kappa shape index (κ3) is 3.15. The van der Waals surface area contributed by atoms with Gasteiger partial charge in [-0.3, -0.25) is 14.6 Å². The number of pyridine rings is 1. The molecule has 1 aliphatic rings.